The van der Waals surface area contributed by atoms with Gasteiger partial charge in [-0.15, -0.1) is 0 Å². The summed E-state index contributed by atoms with van der Waals surface area (Å²) in [4.78, 5) is -1.62. The van der Waals surface area contributed by atoms with Crippen molar-refractivity contribution in [3.63, 3.8) is 0 Å². The lowest BCUT2D eigenvalue weighted by atomic mass is 9.98. The monoisotopic (exact) mass is 950 g/mol. The fraction of sp³-hybridized carbons (Fsp3) is 0.625. The number of aryl methyl sites for hydroxylation is 2. The van der Waals surface area contributed by atoms with Crippen LogP contribution in [-0.2, 0) is 38.1 Å². The van der Waals surface area contributed by atoms with Gasteiger partial charge in [0.15, 0.2) is 0 Å². The van der Waals surface area contributed by atoms with Crippen molar-refractivity contribution in [2.75, 3.05) is 26.4 Å². The number of hydrogen-bond acceptors (Lipinski definition) is 8. The Kier molecular flexibility index (Phi) is 16.6. The van der Waals surface area contributed by atoms with Crippen LogP contribution in [0.3, 0.4) is 0 Å². The second kappa shape index (κ2) is 18.7. The Morgan fingerprint density at radius 3 is 0.967 bits per heavy atom. The third-order valence-electron chi connectivity index (χ3n) is 7.97. The molecule has 0 heterocycles. The molecule has 0 spiro atoms. The van der Waals surface area contributed by atoms with Crippen LogP contribution in [0.15, 0.2) is 58.3 Å². The molecule has 60 heavy (non-hydrogen) atoms. The summed E-state index contributed by atoms with van der Waals surface area (Å²) in [6.45, 7) is -1.70. The van der Waals surface area contributed by atoms with Crippen LogP contribution in [0.2, 0.25) is 0 Å². The number of rotatable bonds is 23. The molecule has 0 amide bonds. The van der Waals surface area contributed by atoms with Crippen LogP contribution in [0.1, 0.15) is 36.8 Å². The van der Waals surface area contributed by atoms with Crippen LogP contribution in [0.4, 0.5) is 79.0 Å². The second-order valence-electron chi connectivity index (χ2n) is 12.9. The first-order valence-corrected chi connectivity index (χ1v) is 19.2. The van der Waals surface area contributed by atoms with Crippen molar-refractivity contribution >= 4 is 20.2 Å². The van der Waals surface area contributed by atoms with Crippen molar-refractivity contribution in [3.8, 4) is 0 Å². The Bertz CT molecular complexity index is 1780. The molecular weight excluding hydrogens is 918 g/mol. The molecule has 0 aliphatic rings. The van der Waals surface area contributed by atoms with Crippen molar-refractivity contribution in [3.05, 3.63) is 59.7 Å². The largest absolute Gasteiger partial charge is 0.460 e. The molecule has 0 saturated carbocycles. The third kappa shape index (κ3) is 12.3. The number of benzene rings is 2. The summed E-state index contributed by atoms with van der Waals surface area (Å²) in [7, 11) is -10.5. The van der Waals surface area contributed by atoms with Crippen LogP contribution in [0.5, 0.6) is 0 Å². The highest BCUT2D eigenvalue weighted by Gasteiger charge is 2.82. The van der Waals surface area contributed by atoms with Gasteiger partial charge in [-0.2, -0.15) is 95.9 Å². The molecule has 346 valence electrons. The van der Waals surface area contributed by atoms with Crippen molar-refractivity contribution in [2.24, 2.45) is 0 Å². The van der Waals surface area contributed by atoms with Gasteiger partial charge in [-0.1, -0.05) is 35.4 Å². The van der Waals surface area contributed by atoms with Crippen LogP contribution < -0.4 is 0 Å². The van der Waals surface area contributed by atoms with Crippen LogP contribution in [0, 0.1) is 13.8 Å². The first-order chi connectivity index (χ1) is 26.9. The van der Waals surface area contributed by atoms with Crippen LogP contribution in [-0.4, -0.2) is 103 Å². The SMILES string of the molecule is Cc1ccc(S(=O)(=O)OC(COCCCCOCC(CC(F)(F)C(F)(F)C(F)(F)C(F)(F)F)OS(=O)(=O)c2ccc(C)cc2)CC(F)(F)C(F)(F)C(F)(F)C(F)(F)F)cc1. The molecule has 0 aliphatic carbocycles. The zero-order valence-corrected chi connectivity index (χ0v) is 31.9. The predicted molar refractivity (Wildman–Crippen MR) is 168 cm³/mol. The smallest absolute Gasteiger partial charge is 0.379 e. The maximum atomic E-state index is 14.5. The Morgan fingerprint density at radius 1 is 0.450 bits per heavy atom. The maximum absolute atomic E-state index is 14.5. The van der Waals surface area contributed by atoms with Gasteiger partial charge in [-0.25, -0.2) is 0 Å². The highest BCUT2D eigenvalue weighted by atomic mass is 32.2. The van der Waals surface area contributed by atoms with Gasteiger partial charge in [0, 0.05) is 26.1 Å². The minimum absolute atomic E-state index is 0.429. The first-order valence-electron chi connectivity index (χ1n) is 16.4. The number of alkyl halides is 18. The average Bonchev–Trinajstić information content (AvgIpc) is 3.07. The molecule has 8 nitrogen and oxygen atoms in total. The van der Waals surface area contributed by atoms with Gasteiger partial charge < -0.3 is 9.47 Å². The van der Waals surface area contributed by atoms with E-state index in [-0.39, 0.29) is 0 Å². The highest BCUT2D eigenvalue weighted by Crippen LogP contribution is 2.56. The molecule has 2 atom stereocenters. The molecule has 0 saturated heterocycles. The molecule has 2 aromatic rings. The van der Waals surface area contributed by atoms with Crippen LogP contribution in [0.25, 0.3) is 0 Å². The molecule has 0 fully saturated rings. The normalized spacial score (nSPS) is 15.6. The van der Waals surface area contributed by atoms with Crippen LogP contribution >= 0.6 is 0 Å². The summed E-state index contributed by atoms with van der Waals surface area (Å²) in [5.41, 5.74) is 0.859. The summed E-state index contributed by atoms with van der Waals surface area (Å²) < 4.78 is 313. The molecule has 2 unspecified atom stereocenters. The molecule has 2 rings (SSSR count). The van der Waals surface area contributed by atoms with E-state index in [1.165, 1.54) is 13.8 Å². The van der Waals surface area contributed by atoms with E-state index in [1.54, 1.807) is 0 Å². The standard InChI is InChI=1S/C32H32F18O8S2/c1-19-5-9-23(10-6-19)59(51,52)57-21(15-25(33,34)27(37,38)29(41,42)31(45,46)47)17-55-13-3-4-14-56-18-22(58-60(53,54)24-11-7-20(2)8-12-24)16-26(35,36)28(39,40)30(43,44)32(48,49)50/h5-12,21-22H,3-4,13-18H2,1-2H3. The fourth-order valence-corrected chi connectivity index (χ4v) is 6.73. The Morgan fingerprint density at radius 2 is 0.717 bits per heavy atom. The van der Waals surface area contributed by atoms with Crippen molar-refractivity contribution in [1.29, 1.82) is 0 Å². The van der Waals surface area contributed by atoms with E-state index in [0.29, 0.717) is 11.1 Å². The zero-order chi connectivity index (χ0) is 46.6. The summed E-state index contributed by atoms with van der Waals surface area (Å²) >= 11 is 0. The molecule has 0 aliphatic heterocycles. The van der Waals surface area contributed by atoms with E-state index in [4.69, 9.17) is 9.47 Å². The number of halogens is 18. The second-order valence-corrected chi connectivity index (χ2v) is 16.1. The molecule has 2 aromatic carbocycles. The van der Waals surface area contributed by atoms with Gasteiger partial charge in [-0.3, -0.25) is 8.37 Å². The molecular formula is C32H32F18O8S2. The lowest BCUT2D eigenvalue weighted by Crippen LogP contribution is -2.61. The fourth-order valence-electron chi connectivity index (χ4n) is 4.60. The summed E-state index contributed by atoms with van der Waals surface area (Å²) in [6, 6.07) is 7.86. The van der Waals surface area contributed by atoms with E-state index in [1.807, 2.05) is 0 Å². The van der Waals surface area contributed by atoms with Crippen molar-refractivity contribution < 1.29 is 114 Å². The topological polar surface area (TPSA) is 105 Å². The quantitative estimate of drug-likeness (QED) is 0.0617. The Balaban J connectivity index is 2.19. The van der Waals surface area contributed by atoms with Crippen molar-refractivity contribution in [2.45, 2.75) is 109 Å². The van der Waals surface area contributed by atoms with E-state index in [0.717, 1.165) is 48.5 Å². The highest BCUT2D eigenvalue weighted by molar-refractivity contribution is 7.87. The number of ether oxygens (including phenoxy) is 2. The van der Waals surface area contributed by atoms with E-state index >= 15 is 0 Å². The third-order valence-corrected chi connectivity index (χ3v) is 10.7. The molecule has 0 bridgehead atoms. The van der Waals surface area contributed by atoms with Gasteiger partial charge in [0.1, 0.15) is 12.2 Å². The lowest BCUT2D eigenvalue weighted by molar-refractivity contribution is -0.398. The van der Waals surface area contributed by atoms with Gasteiger partial charge in [0.05, 0.1) is 23.0 Å². The average molecular weight is 951 g/mol. The zero-order valence-electron chi connectivity index (χ0n) is 30.3. The minimum Gasteiger partial charge on any atom is -0.379 e. The van der Waals surface area contributed by atoms with E-state index < -0.39 is 142 Å². The molecule has 0 aromatic heterocycles. The van der Waals surface area contributed by atoms with Gasteiger partial charge in [0.25, 0.3) is 20.2 Å². The lowest BCUT2D eigenvalue weighted by Gasteiger charge is -2.35. The summed E-state index contributed by atoms with van der Waals surface area (Å²) in [5, 5.41) is 0. The van der Waals surface area contributed by atoms with Crippen molar-refractivity contribution in [1.82, 2.24) is 0 Å². The maximum Gasteiger partial charge on any atom is 0.460 e. The predicted octanol–water partition coefficient (Wildman–Crippen LogP) is 9.68. The molecule has 0 radical (unpaired) electrons. The van der Waals surface area contributed by atoms with Gasteiger partial charge in [0.2, 0.25) is 0 Å². The number of unbranched alkanes of at least 4 members (excludes halogenated alkanes) is 1. The van der Waals surface area contributed by atoms with E-state index in [2.05, 4.69) is 8.37 Å². The molecule has 28 heteroatoms. The minimum atomic E-state index is -7.34. The number of hydrogen-bond donors (Lipinski definition) is 0. The van der Waals surface area contributed by atoms with Gasteiger partial charge >= 0.3 is 47.9 Å². The first kappa shape index (κ1) is 53.1. The Labute approximate surface area is 329 Å². The summed E-state index contributed by atoms with van der Waals surface area (Å²) in [5.74, 6) is -41.7. The van der Waals surface area contributed by atoms with Gasteiger partial charge in [-0.05, 0) is 51.0 Å². The summed E-state index contributed by atoms with van der Waals surface area (Å²) in [6.07, 6.45) is -26.7. The van der Waals surface area contributed by atoms with E-state index in [9.17, 15) is 95.9 Å². The molecule has 0 N–H and O–H groups in total. The Hall–Kier alpha value is -3.08.